The van der Waals surface area contributed by atoms with E-state index in [4.69, 9.17) is 4.98 Å². The molecule has 1 N–H and O–H groups in total. The molecule has 0 aliphatic carbocycles. The van der Waals surface area contributed by atoms with Crippen molar-refractivity contribution in [1.29, 1.82) is 0 Å². The summed E-state index contributed by atoms with van der Waals surface area (Å²) in [4.78, 5) is 16.4. The molecule has 4 aromatic rings. The molecule has 0 aliphatic rings. The lowest BCUT2D eigenvalue weighted by atomic mass is 10.0. The standard InChI is InChI=1S/C24H19BrN4O2S/c1-15-6-11-21(16(2)12-15)22-23(18-7-9-20(10-8-18)29(30)31)32-24(27-22)28-26-14-17-4-3-5-19(25)13-17/h3-14H,1-2H3,(H,27,28)/b26-14-. The average Bonchev–Trinajstić information content (AvgIpc) is 3.17. The van der Waals surface area contributed by atoms with Crippen LogP contribution in [0.15, 0.2) is 76.3 Å². The van der Waals surface area contributed by atoms with Crippen LogP contribution in [0.3, 0.4) is 0 Å². The van der Waals surface area contributed by atoms with Crippen molar-refractivity contribution in [2.24, 2.45) is 5.10 Å². The van der Waals surface area contributed by atoms with Crippen LogP contribution in [0.25, 0.3) is 21.7 Å². The number of aromatic nitrogens is 1. The summed E-state index contributed by atoms with van der Waals surface area (Å²) in [5.41, 5.74) is 9.03. The van der Waals surface area contributed by atoms with Crippen molar-refractivity contribution >= 4 is 44.3 Å². The van der Waals surface area contributed by atoms with E-state index in [9.17, 15) is 10.1 Å². The van der Waals surface area contributed by atoms with E-state index >= 15 is 0 Å². The number of hydrazone groups is 1. The molecular weight excluding hydrogens is 488 g/mol. The van der Waals surface area contributed by atoms with Crippen LogP contribution in [0.4, 0.5) is 10.8 Å². The van der Waals surface area contributed by atoms with Crippen molar-refractivity contribution in [1.82, 2.24) is 4.98 Å². The Kier molecular flexibility index (Phi) is 6.43. The molecule has 0 spiro atoms. The number of thiazole rings is 1. The zero-order valence-corrected chi connectivity index (χ0v) is 19.8. The quantitative estimate of drug-likeness (QED) is 0.170. The lowest BCUT2D eigenvalue weighted by Gasteiger charge is -2.07. The number of nitro groups is 1. The van der Waals surface area contributed by atoms with E-state index in [2.05, 4.69) is 58.5 Å². The number of hydrogen-bond acceptors (Lipinski definition) is 6. The molecule has 0 saturated heterocycles. The molecule has 160 valence electrons. The Labute approximate surface area is 197 Å². The van der Waals surface area contributed by atoms with Crippen LogP contribution in [0.5, 0.6) is 0 Å². The highest BCUT2D eigenvalue weighted by Gasteiger charge is 2.17. The van der Waals surface area contributed by atoms with Crippen molar-refractivity contribution in [3.8, 4) is 21.7 Å². The number of nitrogens with zero attached hydrogens (tertiary/aromatic N) is 3. The van der Waals surface area contributed by atoms with Crippen LogP contribution >= 0.6 is 27.3 Å². The van der Waals surface area contributed by atoms with Gasteiger partial charge in [-0.15, -0.1) is 0 Å². The van der Waals surface area contributed by atoms with Gasteiger partial charge in [0.25, 0.3) is 5.69 Å². The summed E-state index contributed by atoms with van der Waals surface area (Å²) in [6.45, 7) is 4.11. The molecule has 4 rings (SSSR count). The zero-order chi connectivity index (χ0) is 22.7. The monoisotopic (exact) mass is 506 g/mol. The first kappa shape index (κ1) is 21.9. The Morgan fingerprint density at radius 1 is 1.09 bits per heavy atom. The second-order valence-electron chi connectivity index (χ2n) is 7.24. The normalized spacial score (nSPS) is 11.1. The molecule has 32 heavy (non-hydrogen) atoms. The van der Waals surface area contributed by atoms with Crippen molar-refractivity contribution < 1.29 is 4.92 Å². The average molecular weight is 507 g/mol. The molecule has 1 aromatic heterocycles. The van der Waals surface area contributed by atoms with Gasteiger partial charge in [-0.3, -0.25) is 15.5 Å². The van der Waals surface area contributed by atoms with Gasteiger partial charge in [0, 0.05) is 22.2 Å². The summed E-state index contributed by atoms with van der Waals surface area (Å²) in [5, 5.41) is 16.0. The van der Waals surface area contributed by atoms with E-state index in [1.807, 2.05) is 24.3 Å². The van der Waals surface area contributed by atoms with Gasteiger partial charge in [0.1, 0.15) is 0 Å². The summed E-state index contributed by atoms with van der Waals surface area (Å²) >= 11 is 4.91. The third-order valence-corrected chi connectivity index (χ3v) is 6.33. The first-order valence-electron chi connectivity index (χ1n) is 9.78. The molecular formula is C24H19BrN4O2S. The number of nitrogens with one attached hydrogen (secondary N) is 1. The number of hydrogen-bond donors (Lipinski definition) is 1. The van der Waals surface area contributed by atoms with Crippen LogP contribution in [0.2, 0.25) is 0 Å². The Hall–Kier alpha value is -3.36. The van der Waals surface area contributed by atoms with Crippen LogP contribution < -0.4 is 5.43 Å². The van der Waals surface area contributed by atoms with Gasteiger partial charge in [-0.25, -0.2) is 4.98 Å². The maximum Gasteiger partial charge on any atom is 0.269 e. The third kappa shape index (κ3) is 4.92. The fraction of sp³-hybridized carbons (Fsp3) is 0.0833. The highest BCUT2D eigenvalue weighted by Crippen LogP contribution is 2.40. The van der Waals surface area contributed by atoms with Crippen molar-refractivity contribution in [3.63, 3.8) is 0 Å². The largest absolute Gasteiger partial charge is 0.269 e. The van der Waals surface area contributed by atoms with E-state index in [1.165, 1.54) is 29.0 Å². The van der Waals surface area contributed by atoms with E-state index in [0.717, 1.165) is 37.3 Å². The first-order valence-corrected chi connectivity index (χ1v) is 11.4. The van der Waals surface area contributed by atoms with Crippen LogP contribution in [-0.4, -0.2) is 16.1 Å². The van der Waals surface area contributed by atoms with E-state index in [1.54, 1.807) is 18.3 Å². The minimum absolute atomic E-state index is 0.0586. The van der Waals surface area contributed by atoms with Crippen molar-refractivity contribution in [2.45, 2.75) is 13.8 Å². The molecule has 6 nitrogen and oxygen atoms in total. The van der Waals surface area contributed by atoms with Crippen LogP contribution in [0, 0.1) is 24.0 Å². The van der Waals surface area contributed by atoms with Crippen molar-refractivity contribution in [3.05, 3.63) is 98.0 Å². The Morgan fingerprint density at radius 3 is 2.56 bits per heavy atom. The number of benzene rings is 3. The van der Waals surface area contributed by atoms with E-state index < -0.39 is 4.92 Å². The molecule has 0 atom stereocenters. The van der Waals surface area contributed by atoms with Gasteiger partial charge in [-0.2, -0.15) is 5.10 Å². The molecule has 0 unspecified atom stereocenters. The van der Waals surface area contributed by atoms with Gasteiger partial charge in [0.15, 0.2) is 0 Å². The highest BCUT2D eigenvalue weighted by molar-refractivity contribution is 9.10. The maximum atomic E-state index is 11.0. The summed E-state index contributed by atoms with van der Waals surface area (Å²) in [7, 11) is 0. The van der Waals surface area contributed by atoms with Crippen LogP contribution in [-0.2, 0) is 0 Å². The Morgan fingerprint density at radius 2 is 1.88 bits per heavy atom. The van der Waals surface area contributed by atoms with Crippen molar-refractivity contribution in [2.75, 3.05) is 5.43 Å². The van der Waals surface area contributed by atoms with E-state index in [-0.39, 0.29) is 5.69 Å². The van der Waals surface area contributed by atoms with Gasteiger partial charge in [0.2, 0.25) is 5.13 Å². The minimum Gasteiger partial charge on any atom is -0.258 e. The summed E-state index contributed by atoms with van der Waals surface area (Å²) in [5.74, 6) is 0. The summed E-state index contributed by atoms with van der Waals surface area (Å²) < 4.78 is 0.980. The Balaban J connectivity index is 1.71. The fourth-order valence-corrected chi connectivity index (χ4v) is 4.66. The molecule has 0 aliphatic heterocycles. The van der Waals surface area contributed by atoms with Gasteiger partial charge >= 0.3 is 0 Å². The smallest absolute Gasteiger partial charge is 0.258 e. The van der Waals surface area contributed by atoms with Gasteiger partial charge < -0.3 is 0 Å². The fourth-order valence-electron chi connectivity index (χ4n) is 3.31. The minimum atomic E-state index is -0.398. The summed E-state index contributed by atoms with van der Waals surface area (Å²) in [6.07, 6.45) is 1.73. The predicted molar refractivity (Wildman–Crippen MR) is 134 cm³/mol. The highest BCUT2D eigenvalue weighted by atomic mass is 79.9. The third-order valence-electron chi connectivity index (χ3n) is 4.83. The molecule has 0 bridgehead atoms. The Bertz CT molecular complexity index is 1320. The number of halogens is 1. The molecule has 0 saturated carbocycles. The lowest BCUT2D eigenvalue weighted by Crippen LogP contribution is -1.91. The van der Waals surface area contributed by atoms with Gasteiger partial charge in [-0.1, -0.05) is 63.2 Å². The first-order chi connectivity index (χ1) is 15.4. The SMILES string of the molecule is Cc1ccc(-c2nc(N/N=C\c3cccc(Br)c3)sc2-c2ccc([N+](=O)[O-])cc2)c(C)c1. The molecule has 1 heterocycles. The number of rotatable bonds is 6. The van der Waals surface area contributed by atoms with Crippen LogP contribution in [0.1, 0.15) is 16.7 Å². The topological polar surface area (TPSA) is 80.4 Å². The maximum absolute atomic E-state index is 11.0. The summed E-state index contributed by atoms with van der Waals surface area (Å²) in [6, 6.07) is 20.6. The molecule has 8 heteroatoms. The molecule has 3 aromatic carbocycles. The van der Waals surface area contributed by atoms with E-state index in [0.29, 0.717) is 5.13 Å². The van der Waals surface area contributed by atoms with Gasteiger partial charge in [-0.05, 0) is 54.8 Å². The number of anilines is 1. The zero-order valence-electron chi connectivity index (χ0n) is 17.4. The number of non-ortho nitro benzene ring substituents is 1. The van der Waals surface area contributed by atoms with Gasteiger partial charge in [0.05, 0.1) is 21.7 Å². The second-order valence-corrected chi connectivity index (χ2v) is 9.16. The predicted octanol–water partition coefficient (Wildman–Crippen LogP) is 7.21. The number of nitro benzene ring substituents is 1. The lowest BCUT2D eigenvalue weighted by molar-refractivity contribution is -0.384. The molecule has 0 radical (unpaired) electrons. The number of aryl methyl sites for hydroxylation is 2. The second kappa shape index (κ2) is 9.42. The molecule has 0 amide bonds. The molecule has 0 fully saturated rings.